The Kier molecular flexibility index (Phi) is 6.71. The molecule has 1 aromatic carbocycles. The number of benzene rings is 1. The van der Waals surface area contributed by atoms with Crippen molar-refractivity contribution in [3.8, 4) is 5.75 Å². The van der Waals surface area contributed by atoms with Gasteiger partial charge >= 0.3 is 0 Å². The van der Waals surface area contributed by atoms with Gasteiger partial charge in [0.15, 0.2) is 0 Å². The van der Waals surface area contributed by atoms with E-state index in [2.05, 4.69) is 19.1 Å². The van der Waals surface area contributed by atoms with Crippen LogP contribution in [0.2, 0.25) is 0 Å². The van der Waals surface area contributed by atoms with Gasteiger partial charge in [0.2, 0.25) is 0 Å². The van der Waals surface area contributed by atoms with Crippen molar-refractivity contribution in [3.05, 3.63) is 29.8 Å². The molecule has 0 aliphatic carbocycles. The molecular weight excluding hydrogens is 196 g/mol. The molecular formula is C15H22O. The van der Waals surface area contributed by atoms with Crippen LogP contribution in [0.4, 0.5) is 0 Å². The predicted molar refractivity (Wildman–Crippen MR) is 67.7 cm³/mol. The third kappa shape index (κ3) is 5.79. The third-order valence-corrected chi connectivity index (χ3v) is 2.61. The largest absolute Gasteiger partial charge is 0.492 e. The molecule has 0 unspecified atom stereocenters. The van der Waals surface area contributed by atoms with E-state index < -0.39 is 0 Å². The van der Waals surface area contributed by atoms with Crippen LogP contribution in [-0.4, -0.2) is 6.61 Å². The second-order valence-electron chi connectivity index (χ2n) is 4.27. The highest BCUT2D eigenvalue weighted by Crippen LogP contribution is 2.11. The van der Waals surface area contributed by atoms with Crippen molar-refractivity contribution >= 4 is 0 Å². The summed E-state index contributed by atoms with van der Waals surface area (Å²) in [6.45, 7) is 5.07. The van der Waals surface area contributed by atoms with Gasteiger partial charge in [-0.2, -0.15) is 0 Å². The van der Waals surface area contributed by atoms with E-state index in [1.54, 1.807) is 0 Å². The number of rotatable bonds is 8. The zero-order chi connectivity index (χ0) is 11.6. The molecule has 2 radical (unpaired) electrons. The van der Waals surface area contributed by atoms with Gasteiger partial charge in [-0.3, -0.25) is 0 Å². The molecule has 0 amide bonds. The summed E-state index contributed by atoms with van der Waals surface area (Å²) in [5, 5.41) is 0. The monoisotopic (exact) mass is 218 g/mol. The highest BCUT2D eigenvalue weighted by atomic mass is 16.5. The number of hydrogen-bond acceptors (Lipinski definition) is 1. The van der Waals surface area contributed by atoms with E-state index in [1.807, 2.05) is 19.1 Å². The molecule has 16 heavy (non-hydrogen) atoms. The molecule has 0 fully saturated rings. The summed E-state index contributed by atoms with van der Waals surface area (Å²) in [7, 11) is 0. The second-order valence-corrected chi connectivity index (χ2v) is 4.27. The highest BCUT2D eigenvalue weighted by Gasteiger charge is 1.94. The average Bonchev–Trinajstić information content (AvgIpc) is 2.30. The lowest BCUT2D eigenvalue weighted by Gasteiger charge is -2.05. The van der Waals surface area contributed by atoms with Crippen LogP contribution in [0.25, 0.3) is 0 Å². The maximum absolute atomic E-state index is 5.56. The van der Waals surface area contributed by atoms with Crippen LogP contribution in [0.15, 0.2) is 12.1 Å². The van der Waals surface area contributed by atoms with Crippen LogP contribution >= 0.6 is 0 Å². The summed E-state index contributed by atoms with van der Waals surface area (Å²) in [6, 6.07) is 10.0. The van der Waals surface area contributed by atoms with Gasteiger partial charge in [0, 0.05) is 12.1 Å². The first-order chi connectivity index (χ1) is 7.83. The van der Waals surface area contributed by atoms with Crippen molar-refractivity contribution in [2.24, 2.45) is 0 Å². The fourth-order valence-electron chi connectivity index (χ4n) is 1.58. The summed E-state index contributed by atoms with van der Waals surface area (Å²) in [5.41, 5.74) is 1.17. The molecule has 0 spiro atoms. The zero-order valence-corrected chi connectivity index (χ0v) is 10.5. The first-order valence-electron chi connectivity index (χ1n) is 6.35. The van der Waals surface area contributed by atoms with Crippen LogP contribution in [0.1, 0.15) is 51.0 Å². The van der Waals surface area contributed by atoms with E-state index in [0.29, 0.717) is 0 Å². The van der Waals surface area contributed by atoms with Gasteiger partial charge in [0.05, 0.1) is 6.61 Å². The third-order valence-electron chi connectivity index (χ3n) is 2.61. The lowest BCUT2D eigenvalue weighted by Crippen LogP contribution is -1.97. The fourth-order valence-corrected chi connectivity index (χ4v) is 1.58. The first-order valence-corrected chi connectivity index (χ1v) is 6.35. The number of hydrogen-bond donors (Lipinski definition) is 0. The molecule has 0 aliphatic rings. The Bertz CT molecular complexity index is 263. The van der Waals surface area contributed by atoms with Gasteiger partial charge in [-0.1, -0.05) is 39.0 Å². The lowest BCUT2D eigenvalue weighted by atomic mass is 10.1. The topological polar surface area (TPSA) is 9.23 Å². The molecule has 1 aromatic rings. The SMILES string of the molecule is CCCCCCCCOc1[c]cc(C)c[c]1. The summed E-state index contributed by atoms with van der Waals surface area (Å²) >= 11 is 0. The minimum atomic E-state index is 0.749. The number of aryl methyl sites for hydroxylation is 1. The lowest BCUT2D eigenvalue weighted by molar-refractivity contribution is 0.303. The Balaban J connectivity index is 2.01. The van der Waals surface area contributed by atoms with Gasteiger partial charge < -0.3 is 4.74 Å². The van der Waals surface area contributed by atoms with E-state index >= 15 is 0 Å². The van der Waals surface area contributed by atoms with Crippen LogP contribution in [0.3, 0.4) is 0 Å². The Morgan fingerprint density at radius 3 is 2.31 bits per heavy atom. The molecule has 0 N–H and O–H groups in total. The molecule has 0 saturated heterocycles. The van der Waals surface area contributed by atoms with Crippen molar-refractivity contribution < 1.29 is 4.74 Å². The Hall–Kier alpha value is -0.980. The number of unbranched alkanes of at least 4 members (excludes halogenated alkanes) is 5. The van der Waals surface area contributed by atoms with Crippen LogP contribution < -0.4 is 4.74 Å². The molecule has 88 valence electrons. The fraction of sp³-hybridized carbons (Fsp3) is 0.600. The first kappa shape index (κ1) is 13.1. The van der Waals surface area contributed by atoms with Crippen LogP contribution in [0, 0.1) is 19.1 Å². The predicted octanol–water partition coefficient (Wildman–Crippen LogP) is 4.33. The molecule has 0 saturated carbocycles. The summed E-state index contributed by atoms with van der Waals surface area (Å²) in [6.07, 6.45) is 7.77. The van der Waals surface area contributed by atoms with Gasteiger partial charge in [-0.15, -0.1) is 0 Å². The quantitative estimate of drug-likeness (QED) is 0.590. The van der Waals surface area contributed by atoms with Crippen LogP contribution in [-0.2, 0) is 0 Å². The van der Waals surface area contributed by atoms with Crippen molar-refractivity contribution in [1.82, 2.24) is 0 Å². The molecule has 1 nitrogen and oxygen atoms in total. The van der Waals surface area contributed by atoms with Crippen molar-refractivity contribution in [3.63, 3.8) is 0 Å². The minimum absolute atomic E-state index is 0.749. The molecule has 1 heteroatoms. The van der Waals surface area contributed by atoms with Gasteiger partial charge in [0.1, 0.15) is 5.75 Å². The van der Waals surface area contributed by atoms with Crippen molar-refractivity contribution in [1.29, 1.82) is 0 Å². The molecule has 0 heterocycles. The second kappa shape index (κ2) is 8.20. The molecule has 0 aromatic heterocycles. The smallest absolute Gasteiger partial charge is 0.135 e. The zero-order valence-electron chi connectivity index (χ0n) is 10.5. The number of ether oxygens (including phenoxy) is 1. The van der Waals surface area contributed by atoms with E-state index in [-0.39, 0.29) is 0 Å². The van der Waals surface area contributed by atoms with Gasteiger partial charge in [-0.25, -0.2) is 0 Å². The van der Waals surface area contributed by atoms with E-state index in [0.717, 1.165) is 18.8 Å². The Labute approximate surface area is 99.8 Å². The van der Waals surface area contributed by atoms with E-state index in [4.69, 9.17) is 4.74 Å². The Morgan fingerprint density at radius 2 is 1.62 bits per heavy atom. The molecule has 0 atom stereocenters. The average molecular weight is 218 g/mol. The van der Waals surface area contributed by atoms with Crippen molar-refractivity contribution in [2.75, 3.05) is 6.61 Å². The summed E-state index contributed by atoms with van der Waals surface area (Å²) < 4.78 is 5.56. The summed E-state index contributed by atoms with van der Waals surface area (Å²) in [5.74, 6) is 0.749. The summed E-state index contributed by atoms with van der Waals surface area (Å²) in [4.78, 5) is 0. The molecule has 0 bridgehead atoms. The Morgan fingerprint density at radius 1 is 1.00 bits per heavy atom. The van der Waals surface area contributed by atoms with Crippen LogP contribution in [0.5, 0.6) is 5.75 Å². The minimum Gasteiger partial charge on any atom is -0.492 e. The molecule has 1 rings (SSSR count). The van der Waals surface area contributed by atoms with E-state index in [9.17, 15) is 0 Å². The van der Waals surface area contributed by atoms with Gasteiger partial charge in [-0.05, 0) is 31.0 Å². The van der Waals surface area contributed by atoms with Gasteiger partial charge in [0.25, 0.3) is 0 Å². The van der Waals surface area contributed by atoms with E-state index in [1.165, 1.54) is 37.7 Å². The maximum Gasteiger partial charge on any atom is 0.135 e. The maximum atomic E-state index is 5.56. The highest BCUT2D eigenvalue weighted by molar-refractivity contribution is 5.23. The molecule has 0 aliphatic heterocycles. The standard InChI is InChI=1S/C15H22O/c1-3-4-5-6-7-8-13-16-15-11-9-14(2)10-12-15/h9-10H,3-8,13H2,1-2H3. The normalized spacial score (nSPS) is 10.4. The van der Waals surface area contributed by atoms with Crippen molar-refractivity contribution in [2.45, 2.75) is 52.4 Å².